The fourth-order valence-corrected chi connectivity index (χ4v) is 2.46. The highest BCUT2D eigenvalue weighted by molar-refractivity contribution is 7.14. The number of aliphatic hydroxyl groups excluding tert-OH is 1. The molecule has 2 aromatic heterocycles. The van der Waals surface area contributed by atoms with E-state index in [2.05, 4.69) is 27.3 Å². The van der Waals surface area contributed by atoms with E-state index in [1.807, 2.05) is 6.92 Å². The van der Waals surface area contributed by atoms with Crippen molar-refractivity contribution < 1.29 is 14.4 Å². The third-order valence-corrected chi connectivity index (χ3v) is 3.54. The van der Waals surface area contributed by atoms with Crippen molar-refractivity contribution in [3.63, 3.8) is 0 Å². The molecule has 2 heterocycles. The molecule has 0 aliphatic heterocycles. The molecule has 7 heteroatoms. The number of nitrogens with one attached hydrogen (secondary N) is 1. The fraction of sp³-hybridized carbons (Fsp3) is 0.308. The van der Waals surface area contributed by atoms with E-state index in [1.54, 1.807) is 13.0 Å². The van der Waals surface area contributed by atoms with Gasteiger partial charge >= 0.3 is 0 Å². The summed E-state index contributed by atoms with van der Waals surface area (Å²) in [7, 11) is 0. The number of carbonyl (C=O) groups is 1. The molecule has 6 nitrogen and oxygen atoms in total. The zero-order chi connectivity index (χ0) is 14.5. The second-order valence-corrected chi connectivity index (χ2v) is 5.05. The number of aliphatic hydroxyl groups is 1. The number of aryl methyl sites for hydroxylation is 2. The zero-order valence-corrected chi connectivity index (χ0v) is 11.9. The van der Waals surface area contributed by atoms with Crippen molar-refractivity contribution in [3.8, 4) is 11.8 Å². The Balaban J connectivity index is 2.02. The topological polar surface area (TPSA) is 88.2 Å². The molecule has 2 aromatic rings. The number of amides is 1. The summed E-state index contributed by atoms with van der Waals surface area (Å²) in [5.74, 6) is 6.06. The van der Waals surface area contributed by atoms with E-state index in [1.165, 1.54) is 11.3 Å². The van der Waals surface area contributed by atoms with Gasteiger partial charge in [-0.25, -0.2) is 0 Å². The molecule has 0 saturated carbocycles. The quantitative estimate of drug-likeness (QED) is 0.824. The molecule has 0 fully saturated rings. The van der Waals surface area contributed by atoms with Gasteiger partial charge in [0.15, 0.2) is 5.82 Å². The van der Waals surface area contributed by atoms with Crippen LogP contribution < -0.4 is 5.32 Å². The van der Waals surface area contributed by atoms with Crippen LogP contribution in [-0.4, -0.2) is 27.8 Å². The Morgan fingerprint density at radius 3 is 3.00 bits per heavy atom. The molecule has 0 aliphatic carbocycles. The number of hydrogen-bond donors (Lipinski definition) is 2. The molecule has 0 saturated heterocycles. The molecule has 20 heavy (non-hydrogen) atoms. The van der Waals surface area contributed by atoms with Crippen molar-refractivity contribution in [1.82, 2.24) is 15.5 Å². The molecule has 0 spiro atoms. The van der Waals surface area contributed by atoms with Gasteiger partial charge in [0.2, 0.25) is 5.89 Å². The molecule has 0 aromatic carbocycles. The van der Waals surface area contributed by atoms with E-state index in [-0.39, 0.29) is 19.1 Å². The van der Waals surface area contributed by atoms with E-state index in [4.69, 9.17) is 9.63 Å². The van der Waals surface area contributed by atoms with Crippen molar-refractivity contribution >= 4 is 17.2 Å². The molecular formula is C13H13N3O3S. The molecule has 0 bridgehead atoms. The third-order valence-electron chi connectivity index (χ3n) is 2.39. The highest BCUT2D eigenvalue weighted by atomic mass is 32.1. The van der Waals surface area contributed by atoms with Crippen LogP contribution in [-0.2, 0) is 6.54 Å². The van der Waals surface area contributed by atoms with Crippen molar-refractivity contribution in [3.05, 3.63) is 33.1 Å². The van der Waals surface area contributed by atoms with Crippen molar-refractivity contribution in [2.45, 2.75) is 20.4 Å². The van der Waals surface area contributed by atoms with Crippen molar-refractivity contribution in [2.75, 3.05) is 6.61 Å². The van der Waals surface area contributed by atoms with Gasteiger partial charge in [0, 0.05) is 0 Å². The summed E-state index contributed by atoms with van der Waals surface area (Å²) in [6.07, 6.45) is 0. The first-order chi connectivity index (χ1) is 9.60. The van der Waals surface area contributed by atoms with E-state index in [0.29, 0.717) is 16.6 Å². The lowest BCUT2D eigenvalue weighted by Crippen LogP contribution is -2.21. The molecular weight excluding hydrogens is 278 g/mol. The highest BCUT2D eigenvalue weighted by Crippen LogP contribution is 2.20. The normalized spacial score (nSPS) is 9.95. The summed E-state index contributed by atoms with van der Waals surface area (Å²) in [5.41, 5.74) is 0.912. The summed E-state index contributed by atoms with van der Waals surface area (Å²) >= 11 is 1.28. The molecule has 2 N–H and O–H groups in total. The first kappa shape index (κ1) is 14.2. The maximum Gasteiger partial charge on any atom is 0.261 e. The van der Waals surface area contributed by atoms with Crippen LogP contribution in [0.3, 0.4) is 0 Å². The van der Waals surface area contributed by atoms with Gasteiger partial charge in [0.1, 0.15) is 6.61 Å². The van der Waals surface area contributed by atoms with E-state index < -0.39 is 0 Å². The van der Waals surface area contributed by atoms with Crippen LogP contribution in [0, 0.1) is 25.7 Å². The molecule has 0 radical (unpaired) electrons. The summed E-state index contributed by atoms with van der Waals surface area (Å²) in [6.45, 7) is 3.57. The molecule has 2 rings (SSSR count). The molecule has 0 aliphatic rings. The monoisotopic (exact) mass is 291 g/mol. The summed E-state index contributed by atoms with van der Waals surface area (Å²) in [5, 5.41) is 15.0. The molecule has 0 unspecified atom stereocenters. The maximum absolute atomic E-state index is 12.0. The van der Waals surface area contributed by atoms with Crippen LogP contribution >= 0.6 is 11.3 Å². The van der Waals surface area contributed by atoms with Crippen LogP contribution in [0.2, 0.25) is 0 Å². The van der Waals surface area contributed by atoms with Gasteiger partial charge in [-0.15, -0.1) is 11.3 Å². The molecule has 0 atom stereocenters. The van der Waals surface area contributed by atoms with E-state index in [9.17, 15) is 4.79 Å². The van der Waals surface area contributed by atoms with Crippen LogP contribution in [0.5, 0.6) is 0 Å². The number of rotatable bonds is 3. The van der Waals surface area contributed by atoms with Gasteiger partial charge < -0.3 is 14.9 Å². The number of nitrogens with zero attached hydrogens (tertiary/aromatic N) is 2. The number of thiophene rings is 1. The lowest BCUT2D eigenvalue weighted by Gasteiger charge is -1.98. The van der Waals surface area contributed by atoms with E-state index >= 15 is 0 Å². The van der Waals surface area contributed by atoms with Gasteiger partial charge in [-0.3, -0.25) is 4.79 Å². The van der Waals surface area contributed by atoms with Gasteiger partial charge in [-0.1, -0.05) is 17.0 Å². The third kappa shape index (κ3) is 3.44. The Morgan fingerprint density at radius 2 is 2.35 bits per heavy atom. The second-order valence-electron chi connectivity index (χ2n) is 4.00. The Morgan fingerprint density at radius 1 is 1.55 bits per heavy atom. The van der Waals surface area contributed by atoms with Gasteiger partial charge in [-0.2, -0.15) is 4.98 Å². The van der Waals surface area contributed by atoms with Gasteiger partial charge in [0.25, 0.3) is 5.91 Å². The van der Waals surface area contributed by atoms with Gasteiger partial charge in [-0.05, 0) is 25.5 Å². The summed E-state index contributed by atoms with van der Waals surface area (Å²) in [4.78, 5) is 17.3. The first-order valence-corrected chi connectivity index (χ1v) is 6.69. The number of carbonyl (C=O) groups excluding carboxylic acids is 1. The molecule has 104 valence electrons. The standard InChI is InChI=1S/C13H13N3O3S/c1-8-6-11(20-10(8)4-3-5-17)13(18)14-7-12-15-9(2)16-19-12/h6,17H,5,7H2,1-2H3,(H,14,18). The highest BCUT2D eigenvalue weighted by Gasteiger charge is 2.12. The SMILES string of the molecule is Cc1noc(CNC(=O)c2cc(C)c(C#CCO)s2)n1. The minimum absolute atomic E-state index is 0.189. The zero-order valence-electron chi connectivity index (χ0n) is 11.1. The Bertz CT molecular complexity index is 679. The maximum atomic E-state index is 12.0. The van der Waals surface area contributed by atoms with Crippen LogP contribution in [0.1, 0.15) is 31.8 Å². The van der Waals surface area contributed by atoms with Crippen molar-refractivity contribution in [1.29, 1.82) is 0 Å². The molecule has 1 amide bonds. The smallest absolute Gasteiger partial charge is 0.261 e. The number of hydrogen-bond acceptors (Lipinski definition) is 6. The Hall–Kier alpha value is -2.17. The first-order valence-electron chi connectivity index (χ1n) is 5.87. The van der Waals surface area contributed by atoms with Crippen LogP contribution in [0.25, 0.3) is 0 Å². The van der Waals surface area contributed by atoms with Crippen molar-refractivity contribution in [2.24, 2.45) is 0 Å². The number of aromatic nitrogens is 2. The lowest BCUT2D eigenvalue weighted by atomic mass is 10.2. The second kappa shape index (κ2) is 6.32. The largest absolute Gasteiger partial charge is 0.384 e. The summed E-state index contributed by atoms with van der Waals surface area (Å²) in [6, 6.07) is 1.76. The Kier molecular flexibility index (Phi) is 4.50. The van der Waals surface area contributed by atoms with E-state index in [0.717, 1.165) is 10.4 Å². The van der Waals surface area contributed by atoms with Gasteiger partial charge in [0.05, 0.1) is 16.3 Å². The average molecular weight is 291 g/mol. The minimum Gasteiger partial charge on any atom is -0.384 e. The van der Waals surface area contributed by atoms with Crippen LogP contribution in [0.15, 0.2) is 10.6 Å². The Labute approximate surface area is 119 Å². The lowest BCUT2D eigenvalue weighted by molar-refractivity contribution is 0.0950. The minimum atomic E-state index is -0.217. The average Bonchev–Trinajstić information content (AvgIpc) is 3.00. The van der Waals surface area contributed by atoms with Crippen LogP contribution in [0.4, 0.5) is 0 Å². The fourth-order valence-electron chi connectivity index (χ4n) is 1.49. The predicted octanol–water partition coefficient (Wildman–Crippen LogP) is 1.02. The predicted molar refractivity (Wildman–Crippen MR) is 73.2 cm³/mol. The summed E-state index contributed by atoms with van der Waals surface area (Å²) < 4.78 is 4.91.